The molecule has 0 saturated heterocycles. The Bertz CT molecular complexity index is 712. The van der Waals surface area contributed by atoms with Gasteiger partial charge in [-0.1, -0.05) is 15.9 Å². The molecular weight excluding hydrogens is 370 g/mol. The van der Waals surface area contributed by atoms with Crippen molar-refractivity contribution in [3.05, 3.63) is 56.5 Å². The van der Waals surface area contributed by atoms with Crippen LogP contribution in [0, 0.1) is 22.7 Å². The van der Waals surface area contributed by atoms with E-state index in [9.17, 15) is 0 Å². The third kappa shape index (κ3) is 3.14. The fourth-order valence-corrected chi connectivity index (χ4v) is 2.39. The Morgan fingerprint density at radius 2 is 1.63 bits per heavy atom. The second-order valence-electron chi connectivity index (χ2n) is 3.73. The van der Waals surface area contributed by atoms with Crippen LogP contribution in [-0.4, -0.2) is 0 Å². The van der Waals surface area contributed by atoms with Gasteiger partial charge < -0.3 is 5.32 Å². The van der Waals surface area contributed by atoms with Crippen molar-refractivity contribution in [1.82, 2.24) is 0 Å². The van der Waals surface area contributed by atoms with Gasteiger partial charge in [0.25, 0.3) is 0 Å². The van der Waals surface area contributed by atoms with Crippen molar-refractivity contribution in [2.24, 2.45) is 0 Å². The van der Waals surface area contributed by atoms with Gasteiger partial charge in [0, 0.05) is 8.95 Å². The van der Waals surface area contributed by atoms with Crippen molar-refractivity contribution < 1.29 is 0 Å². The standard InChI is InChI=1S/C14H7Br2N3/c15-11-2-4-13(10(6-11)8-18)19-14-3-1-9(7-17)5-12(14)16/h1-6,19H. The van der Waals surface area contributed by atoms with Gasteiger partial charge >= 0.3 is 0 Å². The minimum atomic E-state index is 0.547. The predicted molar refractivity (Wildman–Crippen MR) is 81.0 cm³/mol. The Hall–Kier alpha value is -1.82. The van der Waals surface area contributed by atoms with Gasteiger partial charge in [0.05, 0.1) is 28.6 Å². The number of halogens is 2. The van der Waals surface area contributed by atoms with Gasteiger partial charge in [-0.15, -0.1) is 0 Å². The molecular formula is C14H7Br2N3. The summed E-state index contributed by atoms with van der Waals surface area (Å²) in [5.41, 5.74) is 2.65. The Balaban J connectivity index is 2.37. The summed E-state index contributed by atoms with van der Waals surface area (Å²) >= 11 is 6.73. The van der Waals surface area contributed by atoms with Crippen LogP contribution in [0.15, 0.2) is 45.3 Å². The van der Waals surface area contributed by atoms with Crippen LogP contribution in [0.1, 0.15) is 11.1 Å². The van der Waals surface area contributed by atoms with Crippen LogP contribution < -0.4 is 5.32 Å². The maximum atomic E-state index is 9.11. The molecule has 92 valence electrons. The lowest BCUT2D eigenvalue weighted by Crippen LogP contribution is -1.95. The molecule has 1 N–H and O–H groups in total. The minimum absolute atomic E-state index is 0.547. The highest BCUT2D eigenvalue weighted by atomic mass is 79.9. The smallest absolute Gasteiger partial charge is 0.101 e. The molecule has 0 unspecified atom stereocenters. The molecule has 0 aromatic heterocycles. The number of benzene rings is 2. The molecule has 19 heavy (non-hydrogen) atoms. The molecule has 0 spiro atoms. The molecule has 2 aromatic rings. The van der Waals surface area contributed by atoms with E-state index in [1.807, 2.05) is 12.1 Å². The minimum Gasteiger partial charge on any atom is -0.354 e. The molecule has 2 aromatic carbocycles. The van der Waals surface area contributed by atoms with E-state index >= 15 is 0 Å². The molecule has 0 aliphatic rings. The van der Waals surface area contributed by atoms with E-state index in [1.54, 1.807) is 24.3 Å². The van der Waals surface area contributed by atoms with Crippen molar-refractivity contribution in [1.29, 1.82) is 10.5 Å². The van der Waals surface area contributed by atoms with E-state index in [4.69, 9.17) is 10.5 Å². The third-order valence-corrected chi connectivity index (χ3v) is 3.62. The van der Waals surface area contributed by atoms with Crippen LogP contribution in [-0.2, 0) is 0 Å². The second kappa shape index (κ2) is 5.88. The predicted octanol–water partition coefficient (Wildman–Crippen LogP) is 4.70. The van der Waals surface area contributed by atoms with Crippen LogP contribution >= 0.6 is 31.9 Å². The zero-order valence-electron chi connectivity index (χ0n) is 9.61. The summed E-state index contributed by atoms with van der Waals surface area (Å²) in [6.45, 7) is 0. The van der Waals surface area contributed by atoms with Crippen molar-refractivity contribution >= 4 is 43.2 Å². The van der Waals surface area contributed by atoms with Crippen molar-refractivity contribution in [2.45, 2.75) is 0 Å². The van der Waals surface area contributed by atoms with E-state index in [2.05, 4.69) is 49.3 Å². The van der Waals surface area contributed by atoms with Crippen molar-refractivity contribution in [3.63, 3.8) is 0 Å². The van der Waals surface area contributed by atoms with Crippen molar-refractivity contribution in [2.75, 3.05) is 5.32 Å². The first-order valence-electron chi connectivity index (χ1n) is 5.30. The largest absolute Gasteiger partial charge is 0.354 e. The van der Waals surface area contributed by atoms with Crippen LogP contribution in [0.2, 0.25) is 0 Å². The van der Waals surface area contributed by atoms with Crippen LogP contribution in [0.25, 0.3) is 0 Å². The number of rotatable bonds is 2. The summed E-state index contributed by atoms with van der Waals surface area (Å²) in [7, 11) is 0. The molecule has 0 aliphatic heterocycles. The zero-order valence-corrected chi connectivity index (χ0v) is 12.8. The van der Waals surface area contributed by atoms with E-state index in [0.717, 1.165) is 20.3 Å². The van der Waals surface area contributed by atoms with E-state index in [-0.39, 0.29) is 0 Å². The Kier molecular flexibility index (Phi) is 4.21. The molecule has 2 rings (SSSR count). The van der Waals surface area contributed by atoms with Gasteiger partial charge in [-0.05, 0) is 52.3 Å². The lowest BCUT2D eigenvalue weighted by Gasteiger charge is -2.10. The maximum absolute atomic E-state index is 9.11. The Morgan fingerprint density at radius 1 is 0.895 bits per heavy atom. The lowest BCUT2D eigenvalue weighted by atomic mass is 10.1. The Morgan fingerprint density at radius 3 is 2.26 bits per heavy atom. The number of hydrogen-bond donors (Lipinski definition) is 1. The van der Waals surface area contributed by atoms with Crippen LogP contribution in [0.3, 0.4) is 0 Å². The first-order valence-corrected chi connectivity index (χ1v) is 6.89. The summed E-state index contributed by atoms with van der Waals surface area (Å²) in [5.74, 6) is 0. The SMILES string of the molecule is N#Cc1ccc(Nc2ccc(Br)cc2C#N)c(Br)c1. The zero-order chi connectivity index (χ0) is 13.8. The normalized spacial score (nSPS) is 9.47. The fourth-order valence-electron chi connectivity index (χ4n) is 1.55. The molecule has 0 heterocycles. The maximum Gasteiger partial charge on any atom is 0.101 e. The summed E-state index contributed by atoms with van der Waals surface area (Å²) < 4.78 is 1.63. The number of nitrogens with one attached hydrogen (secondary N) is 1. The molecule has 3 nitrogen and oxygen atoms in total. The third-order valence-electron chi connectivity index (χ3n) is 2.47. The number of nitrogens with zero attached hydrogens (tertiary/aromatic N) is 2. The van der Waals surface area contributed by atoms with Gasteiger partial charge in [0.1, 0.15) is 6.07 Å². The van der Waals surface area contributed by atoms with Gasteiger partial charge in [-0.2, -0.15) is 10.5 Å². The summed E-state index contributed by atoms with van der Waals surface area (Å²) in [6, 6.07) is 14.9. The highest BCUT2D eigenvalue weighted by molar-refractivity contribution is 9.10. The second-order valence-corrected chi connectivity index (χ2v) is 5.50. The topological polar surface area (TPSA) is 59.6 Å². The molecule has 0 aliphatic carbocycles. The first-order chi connectivity index (χ1) is 9.13. The van der Waals surface area contributed by atoms with Gasteiger partial charge in [-0.3, -0.25) is 0 Å². The van der Waals surface area contributed by atoms with Crippen LogP contribution in [0.5, 0.6) is 0 Å². The molecule has 0 saturated carbocycles. The number of hydrogen-bond acceptors (Lipinski definition) is 3. The molecule has 0 fully saturated rings. The molecule has 0 bridgehead atoms. The van der Waals surface area contributed by atoms with Crippen LogP contribution in [0.4, 0.5) is 11.4 Å². The summed E-state index contributed by atoms with van der Waals surface area (Å²) in [4.78, 5) is 0. The van der Waals surface area contributed by atoms with Gasteiger partial charge in [-0.25, -0.2) is 0 Å². The molecule has 5 heteroatoms. The highest BCUT2D eigenvalue weighted by Gasteiger charge is 2.06. The van der Waals surface area contributed by atoms with Crippen molar-refractivity contribution in [3.8, 4) is 12.1 Å². The number of anilines is 2. The molecule has 0 atom stereocenters. The average molecular weight is 377 g/mol. The monoisotopic (exact) mass is 375 g/mol. The molecule has 0 amide bonds. The van der Waals surface area contributed by atoms with E-state index < -0.39 is 0 Å². The summed E-state index contributed by atoms with van der Waals surface area (Å²) in [5, 5.41) is 21.1. The van der Waals surface area contributed by atoms with Gasteiger partial charge in [0.15, 0.2) is 0 Å². The Labute approximate surface area is 127 Å². The average Bonchev–Trinajstić information content (AvgIpc) is 2.42. The fraction of sp³-hybridized carbons (Fsp3) is 0. The quantitative estimate of drug-likeness (QED) is 0.826. The molecule has 0 radical (unpaired) electrons. The van der Waals surface area contributed by atoms with E-state index in [1.165, 1.54) is 0 Å². The first kappa shape index (κ1) is 13.6. The highest BCUT2D eigenvalue weighted by Crippen LogP contribution is 2.29. The van der Waals surface area contributed by atoms with E-state index in [0.29, 0.717) is 11.1 Å². The number of nitriles is 2. The summed E-state index contributed by atoms with van der Waals surface area (Å²) in [6.07, 6.45) is 0. The lowest BCUT2D eigenvalue weighted by molar-refractivity contribution is 1.43. The van der Waals surface area contributed by atoms with Gasteiger partial charge in [0.2, 0.25) is 0 Å².